The van der Waals surface area contributed by atoms with E-state index in [0.717, 1.165) is 24.0 Å². The maximum Gasteiger partial charge on any atom is 0.338 e. The molecule has 0 heterocycles. The van der Waals surface area contributed by atoms with E-state index in [9.17, 15) is 22.8 Å². The molecule has 0 saturated heterocycles. The van der Waals surface area contributed by atoms with Gasteiger partial charge in [-0.25, -0.2) is 18.0 Å². The number of nitrogens with two attached hydrogens (primary N) is 1. The second kappa shape index (κ2) is 8.51. The zero-order valence-corrected chi connectivity index (χ0v) is 13.8. The number of amides is 1. The van der Waals surface area contributed by atoms with Crippen molar-refractivity contribution in [3.63, 3.8) is 0 Å². The van der Waals surface area contributed by atoms with Crippen LogP contribution in [-0.4, -0.2) is 17.0 Å². The molecule has 1 aliphatic carbocycles. The van der Waals surface area contributed by atoms with E-state index in [0.29, 0.717) is 6.07 Å². The van der Waals surface area contributed by atoms with E-state index in [1.165, 1.54) is 18.9 Å². The van der Waals surface area contributed by atoms with Crippen LogP contribution in [0.15, 0.2) is 36.4 Å². The highest BCUT2D eigenvalue weighted by Crippen LogP contribution is 2.32. The smallest absolute Gasteiger partial charge is 0.338 e. The fraction of sp³-hybridized carbons (Fsp3) is 0.263. The van der Waals surface area contributed by atoms with Crippen LogP contribution in [0, 0.1) is 23.4 Å². The van der Waals surface area contributed by atoms with Gasteiger partial charge >= 0.3 is 5.97 Å². The Labute approximate surface area is 148 Å². The minimum atomic E-state index is -1.57. The number of hydrogen-bond acceptors (Lipinski definition) is 2. The molecule has 0 aromatic heterocycles. The SMILES string of the molecule is Fc1cccc(CC2CC2)c1.NC(=O)Cc1cc(F)cc(F)c1C(=O)O. The molecule has 3 N–H and O–H groups in total. The van der Waals surface area contributed by atoms with E-state index in [4.69, 9.17) is 10.8 Å². The third-order valence-electron chi connectivity index (χ3n) is 3.83. The highest BCUT2D eigenvalue weighted by Gasteiger charge is 2.21. The fourth-order valence-corrected chi connectivity index (χ4v) is 2.51. The van der Waals surface area contributed by atoms with Crippen molar-refractivity contribution < 1.29 is 27.9 Å². The Bertz CT molecular complexity index is 820. The van der Waals surface area contributed by atoms with E-state index in [1.807, 2.05) is 6.07 Å². The van der Waals surface area contributed by atoms with Gasteiger partial charge in [-0.15, -0.1) is 0 Å². The van der Waals surface area contributed by atoms with Crippen LogP contribution in [0.3, 0.4) is 0 Å². The first-order valence-corrected chi connectivity index (χ1v) is 8.00. The lowest BCUT2D eigenvalue weighted by atomic mass is 10.0. The van der Waals surface area contributed by atoms with Gasteiger partial charge in [-0.05, 0) is 54.5 Å². The van der Waals surface area contributed by atoms with Gasteiger partial charge in [-0.1, -0.05) is 12.1 Å². The number of carbonyl (C=O) groups excluding carboxylic acids is 1. The quantitative estimate of drug-likeness (QED) is 0.851. The second-order valence-electron chi connectivity index (χ2n) is 6.15. The summed E-state index contributed by atoms with van der Waals surface area (Å²) in [6.07, 6.45) is 3.21. The molecule has 4 nitrogen and oxygen atoms in total. The van der Waals surface area contributed by atoms with Crippen molar-refractivity contribution in [1.29, 1.82) is 0 Å². The molecule has 26 heavy (non-hydrogen) atoms. The third kappa shape index (κ3) is 5.91. The minimum absolute atomic E-state index is 0.108. The van der Waals surface area contributed by atoms with Crippen LogP contribution < -0.4 is 5.73 Å². The summed E-state index contributed by atoms with van der Waals surface area (Å²) in [5.41, 5.74) is 4.97. The summed E-state index contributed by atoms with van der Waals surface area (Å²) >= 11 is 0. The molecule has 2 aromatic carbocycles. The average molecular weight is 365 g/mol. The number of rotatable bonds is 5. The lowest BCUT2D eigenvalue weighted by Crippen LogP contribution is -2.17. The summed E-state index contributed by atoms with van der Waals surface area (Å²) in [6, 6.07) is 8.13. The summed E-state index contributed by atoms with van der Waals surface area (Å²) in [7, 11) is 0. The Morgan fingerprint density at radius 1 is 1.08 bits per heavy atom. The number of carboxylic acid groups (broad SMARTS) is 1. The summed E-state index contributed by atoms with van der Waals surface area (Å²) in [5.74, 6) is -3.86. The molecule has 0 aliphatic heterocycles. The largest absolute Gasteiger partial charge is 0.478 e. The molecule has 0 bridgehead atoms. The van der Waals surface area contributed by atoms with Gasteiger partial charge < -0.3 is 10.8 Å². The van der Waals surface area contributed by atoms with Gasteiger partial charge in [0.05, 0.1) is 12.0 Å². The Morgan fingerprint density at radius 2 is 1.77 bits per heavy atom. The van der Waals surface area contributed by atoms with Gasteiger partial charge in [0.2, 0.25) is 5.91 Å². The predicted molar refractivity (Wildman–Crippen MR) is 89.0 cm³/mol. The molecular formula is C19H18F3NO3. The van der Waals surface area contributed by atoms with Crippen molar-refractivity contribution in [2.24, 2.45) is 11.7 Å². The van der Waals surface area contributed by atoms with Crippen molar-refractivity contribution in [2.45, 2.75) is 25.7 Å². The summed E-state index contributed by atoms with van der Waals surface area (Å²) in [5, 5.41) is 8.64. The van der Waals surface area contributed by atoms with Crippen molar-refractivity contribution >= 4 is 11.9 Å². The predicted octanol–water partition coefficient (Wildman–Crippen LogP) is 3.47. The molecule has 7 heteroatoms. The average Bonchev–Trinajstić information content (AvgIpc) is 3.30. The molecule has 0 atom stereocenters. The Balaban J connectivity index is 0.000000195. The number of carbonyl (C=O) groups is 2. The van der Waals surface area contributed by atoms with E-state index >= 15 is 0 Å². The van der Waals surface area contributed by atoms with Gasteiger partial charge in [-0.2, -0.15) is 0 Å². The lowest BCUT2D eigenvalue weighted by molar-refractivity contribution is -0.117. The Morgan fingerprint density at radius 3 is 2.31 bits per heavy atom. The first-order chi connectivity index (χ1) is 12.3. The summed E-state index contributed by atoms with van der Waals surface area (Å²) in [4.78, 5) is 21.2. The number of aromatic carboxylic acids is 1. The minimum Gasteiger partial charge on any atom is -0.478 e. The van der Waals surface area contributed by atoms with Crippen LogP contribution in [-0.2, 0) is 17.6 Å². The van der Waals surface area contributed by atoms with Crippen molar-refractivity contribution in [2.75, 3.05) is 0 Å². The maximum absolute atomic E-state index is 13.0. The van der Waals surface area contributed by atoms with Crippen LogP contribution in [0.5, 0.6) is 0 Å². The van der Waals surface area contributed by atoms with Crippen LogP contribution in [0.25, 0.3) is 0 Å². The van der Waals surface area contributed by atoms with Crippen molar-refractivity contribution in [3.05, 3.63) is 70.5 Å². The number of benzene rings is 2. The molecule has 0 radical (unpaired) electrons. The van der Waals surface area contributed by atoms with Crippen LogP contribution in [0.4, 0.5) is 13.2 Å². The molecule has 1 fully saturated rings. The normalized spacial score (nSPS) is 12.9. The highest BCUT2D eigenvalue weighted by molar-refractivity contribution is 5.91. The maximum atomic E-state index is 13.0. The number of primary amides is 1. The third-order valence-corrected chi connectivity index (χ3v) is 3.83. The Kier molecular flexibility index (Phi) is 6.38. The van der Waals surface area contributed by atoms with Crippen molar-refractivity contribution in [1.82, 2.24) is 0 Å². The van der Waals surface area contributed by atoms with E-state index in [2.05, 4.69) is 0 Å². The molecule has 0 unspecified atom stereocenters. The number of hydrogen-bond donors (Lipinski definition) is 2. The monoisotopic (exact) mass is 365 g/mol. The van der Waals surface area contributed by atoms with E-state index in [-0.39, 0.29) is 11.4 Å². The lowest BCUT2D eigenvalue weighted by Gasteiger charge is -2.05. The van der Waals surface area contributed by atoms with E-state index in [1.54, 1.807) is 12.1 Å². The molecule has 1 amide bonds. The van der Waals surface area contributed by atoms with Gasteiger partial charge in [0.25, 0.3) is 0 Å². The Hall–Kier alpha value is -2.83. The summed E-state index contributed by atoms with van der Waals surface area (Å²) in [6.45, 7) is 0. The molecule has 3 rings (SSSR count). The summed E-state index contributed by atoms with van der Waals surface area (Å²) < 4.78 is 38.4. The standard InChI is InChI=1S/C10H11F.C9H7F2NO3/c11-10-3-1-2-9(7-10)6-8-4-5-8;10-5-1-4(2-7(12)13)8(9(14)15)6(11)3-5/h1-3,7-8H,4-6H2;1,3H,2H2,(H2,12,13)(H,14,15). The molecule has 138 valence electrons. The van der Waals surface area contributed by atoms with E-state index < -0.39 is 35.5 Å². The number of halogens is 3. The zero-order valence-electron chi connectivity index (χ0n) is 13.8. The van der Waals surface area contributed by atoms with Gasteiger partial charge in [0.15, 0.2) is 0 Å². The highest BCUT2D eigenvalue weighted by atomic mass is 19.1. The fourth-order valence-electron chi connectivity index (χ4n) is 2.51. The molecular weight excluding hydrogens is 347 g/mol. The van der Waals surface area contributed by atoms with Crippen LogP contribution >= 0.6 is 0 Å². The molecule has 1 aliphatic rings. The van der Waals surface area contributed by atoms with Gasteiger partial charge in [0, 0.05) is 6.07 Å². The van der Waals surface area contributed by atoms with Crippen LogP contribution in [0.2, 0.25) is 0 Å². The molecule has 0 spiro atoms. The first kappa shape index (κ1) is 19.5. The van der Waals surface area contributed by atoms with Crippen molar-refractivity contribution in [3.8, 4) is 0 Å². The molecule has 1 saturated carbocycles. The van der Waals surface area contributed by atoms with Crippen LogP contribution in [0.1, 0.15) is 34.3 Å². The number of carboxylic acids is 1. The second-order valence-corrected chi connectivity index (χ2v) is 6.15. The van der Waals surface area contributed by atoms with Gasteiger partial charge in [-0.3, -0.25) is 4.79 Å². The van der Waals surface area contributed by atoms with Gasteiger partial charge in [0.1, 0.15) is 17.5 Å². The first-order valence-electron chi connectivity index (χ1n) is 8.00. The zero-order chi connectivity index (χ0) is 19.3. The topological polar surface area (TPSA) is 80.4 Å². The molecule has 2 aromatic rings.